The molecule has 0 N–H and O–H groups in total. The summed E-state index contributed by atoms with van der Waals surface area (Å²) in [7, 11) is 1.73. The smallest absolute Gasteiger partial charge is 0.254 e. The monoisotopic (exact) mass is 263 g/mol. The summed E-state index contributed by atoms with van der Waals surface area (Å²) in [4.78, 5) is 25.2. The molecule has 0 aromatic heterocycles. The average molecular weight is 263 g/mol. The topological polar surface area (TPSA) is 37.4 Å². The predicted octanol–water partition coefficient (Wildman–Crippen LogP) is 2.72. The Morgan fingerprint density at radius 3 is 2.58 bits per heavy atom. The molecule has 0 radical (unpaired) electrons. The van der Waals surface area contributed by atoms with Crippen LogP contribution in [0.3, 0.4) is 0 Å². The van der Waals surface area contributed by atoms with Crippen LogP contribution in [0.1, 0.15) is 41.6 Å². The van der Waals surface area contributed by atoms with Crippen molar-refractivity contribution in [3.05, 3.63) is 35.1 Å². The van der Waals surface area contributed by atoms with Crippen LogP contribution in [0.15, 0.2) is 18.2 Å². The van der Waals surface area contributed by atoms with E-state index in [4.69, 9.17) is 0 Å². The Kier molecular flexibility index (Phi) is 3.98. The second kappa shape index (κ2) is 5.51. The Morgan fingerprint density at radius 1 is 1.32 bits per heavy atom. The second-order valence-electron chi connectivity index (χ2n) is 5.15. The van der Waals surface area contributed by atoms with Crippen LogP contribution in [0.5, 0.6) is 0 Å². The Morgan fingerprint density at radius 2 is 1.95 bits per heavy atom. The number of rotatable bonds is 2. The van der Waals surface area contributed by atoms with E-state index in [2.05, 4.69) is 0 Å². The molecule has 0 saturated heterocycles. The van der Waals surface area contributed by atoms with E-state index in [1.165, 1.54) is 12.1 Å². The lowest BCUT2D eigenvalue weighted by Gasteiger charge is -2.31. The molecule has 0 unspecified atom stereocenters. The minimum atomic E-state index is -0.402. The lowest BCUT2D eigenvalue weighted by molar-refractivity contribution is -0.121. The number of hydrogen-bond donors (Lipinski definition) is 0. The number of Topliss-reactive ketones (excluding diaryl/α,β-unsaturated/α-hetero) is 1. The van der Waals surface area contributed by atoms with Gasteiger partial charge in [0.25, 0.3) is 5.91 Å². The fourth-order valence-electron chi connectivity index (χ4n) is 2.49. The molecule has 19 heavy (non-hydrogen) atoms. The number of hydrogen-bond acceptors (Lipinski definition) is 2. The average Bonchev–Trinajstić information content (AvgIpc) is 2.41. The van der Waals surface area contributed by atoms with Gasteiger partial charge in [-0.15, -0.1) is 0 Å². The molecule has 1 saturated carbocycles. The highest BCUT2D eigenvalue weighted by molar-refractivity contribution is 5.95. The lowest BCUT2D eigenvalue weighted by atomic mass is 9.93. The second-order valence-corrected chi connectivity index (χ2v) is 5.15. The van der Waals surface area contributed by atoms with Gasteiger partial charge in [0.05, 0.1) is 0 Å². The maximum absolute atomic E-state index is 13.2. The molecule has 1 aliphatic rings. The van der Waals surface area contributed by atoms with Crippen molar-refractivity contribution in [1.29, 1.82) is 0 Å². The summed E-state index contributed by atoms with van der Waals surface area (Å²) in [6.07, 6.45) is 2.47. The molecular weight excluding hydrogens is 245 g/mol. The van der Waals surface area contributed by atoms with Gasteiger partial charge in [-0.2, -0.15) is 0 Å². The molecule has 102 valence electrons. The van der Waals surface area contributed by atoms with Crippen molar-refractivity contribution in [3.63, 3.8) is 0 Å². The lowest BCUT2D eigenvalue weighted by Crippen LogP contribution is -2.39. The van der Waals surface area contributed by atoms with E-state index in [0.29, 0.717) is 31.2 Å². The Bertz CT molecular complexity index is 503. The van der Waals surface area contributed by atoms with Gasteiger partial charge in [0, 0.05) is 31.5 Å². The van der Waals surface area contributed by atoms with Crippen molar-refractivity contribution in [3.8, 4) is 0 Å². The van der Waals surface area contributed by atoms with Gasteiger partial charge in [0.2, 0.25) is 0 Å². The van der Waals surface area contributed by atoms with E-state index in [9.17, 15) is 14.0 Å². The van der Waals surface area contributed by atoms with Gasteiger partial charge in [-0.1, -0.05) is 6.07 Å². The minimum absolute atomic E-state index is 0.0767. The van der Waals surface area contributed by atoms with Crippen LogP contribution >= 0.6 is 0 Å². The van der Waals surface area contributed by atoms with Crippen molar-refractivity contribution >= 4 is 11.7 Å². The van der Waals surface area contributed by atoms with Gasteiger partial charge in [0.1, 0.15) is 11.6 Å². The highest BCUT2D eigenvalue weighted by Crippen LogP contribution is 2.22. The first-order valence-corrected chi connectivity index (χ1v) is 6.54. The molecule has 3 nitrogen and oxygen atoms in total. The molecule has 1 fully saturated rings. The number of amides is 1. The van der Waals surface area contributed by atoms with E-state index >= 15 is 0 Å². The molecule has 0 spiro atoms. The molecule has 1 aromatic carbocycles. The third-order valence-corrected chi connectivity index (χ3v) is 3.81. The molecule has 1 amide bonds. The van der Waals surface area contributed by atoms with Crippen LogP contribution < -0.4 is 0 Å². The molecule has 0 aliphatic heterocycles. The van der Waals surface area contributed by atoms with Gasteiger partial charge < -0.3 is 4.90 Å². The summed E-state index contributed by atoms with van der Waals surface area (Å²) in [5, 5.41) is 0. The molecule has 0 heterocycles. The first-order chi connectivity index (χ1) is 8.99. The summed E-state index contributed by atoms with van der Waals surface area (Å²) in [5.41, 5.74) is 1.17. The highest BCUT2D eigenvalue weighted by Gasteiger charge is 2.26. The first kappa shape index (κ1) is 13.7. The summed E-state index contributed by atoms with van der Waals surface area (Å²) in [5.74, 6) is -0.309. The Balaban J connectivity index is 2.14. The first-order valence-electron chi connectivity index (χ1n) is 6.54. The van der Waals surface area contributed by atoms with Crippen LogP contribution in [0.25, 0.3) is 0 Å². The zero-order valence-corrected chi connectivity index (χ0v) is 11.3. The molecular formula is C15H18FNO2. The maximum Gasteiger partial charge on any atom is 0.254 e. The molecule has 1 aromatic rings. The fourth-order valence-corrected chi connectivity index (χ4v) is 2.49. The Labute approximate surface area is 112 Å². The summed E-state index contributed by atoms with van der Waals surface area (Å²) >= 11 is 0. The van der Waals surface area contributed by atoms with E-state index < -0.39 is 5.82 Å². The zero-order chi connectivity index (χ0) is 14.0. The quantitative estimate of drug-likeness (QED) is 0.822. The maximum atomic E-state index is 13.2. The summed E-state index contributed by atoms with van der Waals surface area (Å²) < 4.78 is 13.2. The van der Waals surface area contributed by atoms with Crippen molar-refractivity contribution in [2.45, 2.75) is 38.6 Å². The third-order valence-electron chi connectivity index (χ3n) is 3.81. The van der Waals surface area contributed by atoms with E-state index in [0.717, 1.165) is 5.56 Å². The number of benzene rings is 1. The zero-order valence-electron chi connectivity index (χ0n) is 11.3. The number of carbonyl (C=O) groups excluding carboxylic acids is 2. The number of ketones is 1. The molecule has 4 heteroatoms. The van der Waals surface area contributed by atoms with Crippen molar-refractivity contribution in [2.75, 3.05) is 7.05 Å². The molecule has 1 aliphatic carbocycles. The summed E-state index contributed by atoms with van der Waals surface area (Å²) in [6.45, 7) is 1.80. The standard InChI is InChI=1S/C15H18FNO2/c1-10-3-4-11(16)9-14(10)15(19)17(2)12-5-7-13(18)8-6-12/h3-4,9,12H,5-8H2,1-2H3. The normalized spacial score (nSPS) is 16.5. The van der Waals surface area contributed by atoms with E-state index in [1.807, 2.05) is 0 Å². The largest absolute Gasteiger partial charge is 0.339 e. The highest BCUT2D eigenvalue weighted by atomic mass is 19.1. The van der Waals surface area contributed by atoms with Crippen LogP contribution in [0, 0.1) is 12.7 Å². The van der Waals surface area contributed by atoms with Gasteiger partial charge in [0.15, 0.2) is 0 Å². The number of aryl methyl sites for hydroxylation is 1. The van der Waals surface area contributed by atoms with Crippen molar-refractivity contribution in [1.82, 2.24) is 4.90 Å². The predicted molar refractivity (Wildman–Crippen MR) is 70.5 cm³/mol. The number of carbonyl (C=O) groups is 2. The Hall–Kier alpha value is -1.71. The molecule has 2 rings (SSSR count). The van der Waals surface area contributed by atoms with Crippen LogP contribution in [-0.2, 0) is 4.79 Å². The van der Waals surface area contributed by atoms with Crippen molar-refractivity contribution < 1.29 is 14.0 Å². The van der Waals surface area contributed by atoms with Crippen LogP contribution in [-0.4, -0.2) is 29.7 Å². The van der Waals surface area contributed by atoms with Crippen LogP contribution in [0.4, 0.5) is 4.39 Å². The fraction of sp³-hybridized carbons (Fsp3) is 0.467. The minimum Gasteiger partial charge on any atom is -0.339 e. The van der Waals surface area contributed by atoms with Gasteiger partial charge in [-0.25, -0.2) is 4.39 Å². The van der Waals surface area contributed by atoms with E-state index in [1.54, 1.807) is 24.9 Å². The number of halogens is 1. The van der Waals surface area contributed by atoms with Crippen molar-refractivity contribution in [2.24, 2.45) is 0 Å². The van der Waals surface area contributed by atoms with Gasteiger partial charge in [-0.05, 0) is 37.5 Å². The molecule has 0 atom stereocenters. The SMILES string of the molecule is Cc1ccc(F)cc1C(=O)N(C)C1CCC(=O)CC1. The van der Waals surface area contributed by atoms with Crippen LogP contribution in [0.2, 0.25) is 0 Å². The third kappa shape index (κ3) is 3.00. The van der Waals surface area contributed by atoms with E-state index in [-0.39, 0.29) is 17.7 Å². The van der Waals surface area contributed by atoms with Gasteiger partial charge in [-0.3, -0.25) is 9.59 Å². The molecule has 0 bridgehead atoms. The summed E-state index contributed by atoms with van der Waals surface area (Å²) in [6, 6.07) is 4.32. The number of nitrogens with zero attached hydrogens (tertiary/aromatic N) is 1. The van der Waals surface area contributed by atoms with Gasteiger partial charge >= 0.3 is 0 Å².